The smallest absolute Gasteiger partial charge is 0.251 e. The van der Waals surface area contributed by atoms with Crippen LogP contribution in [0, 0.1) is 5.41 Å². The Morgan fingerprint density at radius 1 is 0.909 bits per heavy atom. The number of carbonyl (C=O) groups is 1. The summed E-state index contributed by atoms with van der Waals surface area (Å²) in [6, 6.07) is 26.8. The quantitative estimate of drug-likeness (QED) is 0.443. The summed E-state index contributed by atoms with van der Waals surface area (Å²) in [5.41, 5.74) is 3.49. The number of piperidine rings is 1. The van der Waals surface area contributed by atoms with Crippen molar-refractivity contribution >= 4 is 29.1 Å². The predicted octanol–water partition coefficient (Wildman–Crippen LogP) is 6.41. The van der Waals surface area contributed by atoms with E-state index >= 15 is 0 Å². The van der Waals surface area contributed by atoms with Gasteiger partial charge in [0.2, 0.25) is 0 Å². The van der Waals surface area contributed by atoms with Crippen LogP contribution in [0.15, 0.2) is 78.9 Å². The fourth-order valence-corrected chi connectivity index (χ4v) is 5.77. The van der Waals surface area contributed by atoms with Crippen LogP contribution in [0.3, 0.4) is 0 Å². The van der Waals surface area contributed by atoms with Crippen molar-refractivity contribution in [2.45, 2.75) is 31.2 Å². The Labute approximate surface area is 205 Å². The first-order chi connectivity index (χ1) is 16.0. The van der Waals surface area contributed by atoms with Gasteiger partial charge in [-0.1, -0.05) is 83.9 Å². The number of nitrogens with zero attached hydrogens (tertiary/aromatic N) is 1. The number of likely N-dealkylation sites (tertiary alicyclic amines) is 1. The maximum atomic E-state index is 12.7. The minimum Gasteiger partial charge on any atom is -0.349 e. The normalized spacial score (nSPS) is 19.5. The van der Waals surface area contributed by atoms with Crippen LogP contribution in [-0.4, -0.2) is 36.5 Å². The van der Waals surface area contributed by atoms with Crippen molar-refractivity contribution in [1.82, 2.24) is 10.2 Å². The van der Waals surface area contributed by atoms with Crippen molar-refractivity contribution in [3.05, 3.63) is 106 Å². The summed E-state index contributed by atoms with van der Waals surface area (Å²) < 4.78 is 0. The van der Waals surface area contributed by atoms with Gasteiger partial charge in [-0.05, 0) is 67.1 Å². The second-order valence-electron chi connectivity index (χ2n) is 9.43. The minimum absolute atomic E-state index is 0.0862. The van der Waals surface area contributed by atoms with Crippen LogP contribution in [0.1, 0.15) is 46.7 Å². The average molecular weight is 479 g/mol. The second kappa shape index (κ2) is 9.50. The summed E-state index contributed by atoms with van der Waals surface area (Å²) in [5, 5.41) is 4.19. The van der Waals surface area contributed by atoms with Gasteiger partial charge in [-0.25, -0.2) is 0 Å². The van der Waals surface area contributed by atoms with E-state index in [0.717, 1.165) is 38.9 Å². The van der Waals surface area contributed by atoms with Gasteiger partial charge in [0.25, 0.3) is 5.91 Å². The van der Waals surface area contributed by atoms with E-state index in [-0.39, 0.29) is 17.4 Å². The Hall–Kier alpha value is -2.33. The van der Waals surface area contributed by atoms with Crippen LogP contribution in [0.4, 0.5) is 0 Å². The number of halogens is 2. The summed E-state index contributed by atoms with van der Waals surface area (Å²) in [7, 11) is 0. The number of hydrogen-bond donors (Lipinski definition) is 1. The third-order valence-electron chi connectivity index (χ3n) is 7.32. The van der Waals surface area contributed by atoms with E-state index in [2.05, 4.69) is 70.9 Å². The molecule has 1 unspecified atom stereocenters. The molecule has 1 saturated carbocycles. The highest BCUT2D eigenvalue weighted by Crippen LogP contribution is 2.54. The standard InChI is InChI=1S/C28H28Cl2N2O/c29-23-15-22(16-24(30)17-23)27(33)31-26-18-28(26)11-13-32(14-12-28)19-25(20-7-3-1-4-8-20)21-9-5-2-6-10-21/h1-10,15-17,25-26H,11-14,18-19H2,(H,31,33). The van der Waals surface area contributed by atoms with Crippen LogP contribution in [0.25, 0.3) is 0 Å². The van der Waals surface area contributed by atoms with Crippen LogP contribution >= 0.6 is 23.2 Å². The predicted molar refractivity (Wildman–Crippen MR) is 135 cm³/mol. The largest absolute Gasteiger partial charge is 0.349 e. The number of benzene rings is 3. The molecule has 3 nitrogen and oxygen atoms in total. The number of hydrogen-bond acceptors (Lipinski definition) is 2. The first-order valence-corrected chi connectivity index (χ1v) is 12.4. The molecule has 0 bridgehead atoms. The molecule has 1 saturated heterocycles. The zero-order valence-electron chi connectivity index (χ0n) is 18.5. The van der Waals surface area contributed by atoms with Gasteiger partial charge in [0.15, 0.2) is 0 Å². The van der Waals surface area contributed by atoms with E-state index in [1.54, 1.807) is 18.2 Å². The highest BCUT2D eigenvalue weighted by molar-refractivity contribution is 6.35. The molecule has 0 radical (unpaired) electrons. The Kier molecular flexibility index (Phi) is 6.47. The molecule has 1 spiro atoms. The van der Waals surface area contributed by atoms with Crippen molar-refractivity contribution in [3.63, 3.8) is 0 Å². The molecule has 0 aromatic heterocycles. The summed E-state index contributed by atoms with van der Waals surface area (Å²) in [6.07, 6.45) is 3.29. The van der Waals surface area contributed by atoms with Gasteiger partial charge in [0.1, 0.15) is 0 Å². The lowest BCUT2D eigenvalue weighted by Gasteiger charge is -2.35. The number of amides is 1. The molecule has 1 atom stereocenters. The minimum atomic E-state index is -0.0862. The molecule has 1 aliphatic heterocycles. The van der Waals surface area contributed by atoms with Gasteiger partial charge in [-0.2, -0.15) is 0 Å². The van der Waals surface area contributed by atoms with Crippen molar-refractivity contribution < 1.29 is 4.79 Å². The van der Waals surface area contributed by atoms with Crippen molar-refractivity contribution in [2.24, 2.45) is 5.41 Å². The van der Waals surface area contributed by atoms with E-state index < -0.39 is 0 Å². The van der Waals surface area contributed by atoms with Crippen molar-refractivity contribution in [1.29, 1.82) is 0 Å². The monoisotopic (exact) mass is 478 g/mol. The molecule has 170 valence electrons. The molecule has 2 aliphatic rings. The van der Waals surface area contributed by atoms with E-state index in [9.17, 15) is 4.79 Å². The first kappa shape index (κ1) is 22.5. The lowest BCUT2D eigenvalue weighted by Crippen LogP contribution is -2.40. The van der Waals surface area contributed by atoms with Gasteiger partial charge in [0.05, 0.1) is 0 Å². The molecule has 1 N–H and O–H groups in total. The van der Waals surface area contributed by atoms with Gasteiger partial charge in [-0.3, -0.25) is 4.79 Å². The van der Waals surface area contributed by atoms with E-state index in [1.165, 1.54) is 11.1 Å². The molecule has 1 aliphatic carbocycles. The highest BCUT2D eigenvalue weighted by atomic mass is 35.5. The second-order valence-corrected chi connectivity index (χ2v) is 10.3. The molecular formula is C28H28Cl2N2O. The molecule has 5 rings (SSSR count). The maximum Gasteiger partial charge on any atom is 0.251 e. The third-order valence-corrected chi connectivity index (χ3v) is 7.75. The lowest BCUT2D eigenvalue weighted by molar-refractivity contribution is 0.0934. The average Bonchev–Trinajstić information content (AvgIpc) is 3.49. The molecule has 1 amide bonds. The summed E-state index contributed by atoms with van der Waals surface area (Å²) in [5.74, 6) is 0.278. The van der Waals surface area contributed by atoms with Crippen LogP contribution in [-0.2, 0) is 0 Å². The van der Waals surface area contributed by atoms with Crippen molar-refractivity contribution in [2.75, 3.05) is 19.6 Å². The van der Waals surface area contributed by atoms with E-state index in [1.807, 2.05) is 0 Å². The molecular weight excluding hydrogens is 451 g/mol. The molecule has 2 fully saturated rings. The van der Waals surface area contributed by atoms with Gasteiger partial charge in [-0.15, -0.1) is 0 Å². The fraction of sp³-hybridized carbons (Fsp3) is 0.321. The Morgan fingerprint density at radius 2 is 1.45 bits per heavy atom. The molecule has 3 aromatic carbocycles. The van der Waals surface area contributed by atoms with Crippen LogP contribution < -0.4 is 5.32 Å². The number of nitrogens with one attached hydrogen (secondary N) is 1. The van der Waals surface area contributed by atoms with E-state index in [0.29, 0.717) is 21.5 Å². The Morgan fingerprint density at radius 3 is 2.00 bits per heavy atom. The maximum absolute atomic E-state index is 12.7. The zero-order chi connectivity index (χ0) is 22.8. The summed E-state index contributed by atoms with van der Waals surface area (Å²) in [6.45, 7) is 3.14. The third kappa shape index (κ3) is 5.11. The van der Waals surface area contributed by atoms with Crippen LogP contribution in [0.2, 0.25) is 10.0 Å². The summed E-state index contributed by atoms with van der Waals surface area (Å²) >= 11 is 12.1. The highest BCUT2D eigenvalue weighted by Gasteiger charge is 2.55. The molecule has 5 heteroatoms. The zero-order valence-corrected chi connectivity index (χ0v) is 20.0. The Balaban J connectivity index is 1.20. The summed E-state index contributed by atoms with van der Waals surface area (Å²) in [4.78, 5) is 15.3. The SMILES string of the molecule is O=C(NC1CC12CCN(CC(c1ccccc1)c1ccccc1)CC2)c1cc(Cl)cc(Cl)c1. The van der Waals surface area contributed by atoms with Crippen LogP contribution in [0.5, 0.6) is 0 Å². The Bertz CT molecular complexity index is 1050. The van der Waals surface area contributed by atoms with E-state index in [4.69, 9.17) is 23.2 Å². The molecule has 1 heterocycles. The number of carbonyl (C=O) groups excluding carboxylic acids is 1. The van der Waals surface area contributed by atoms with Crippen molar-refractivity contribution in [3.8, 4) is 0 Å². The molecule has 3 aromatic rings. The lowest BCUT2D eigenvalue weighted by atomic mass is 9.88. The van der Waals surface area contributed by atoms with Gasteiger partial charge >= 0.3 is 0 Å². The van der Waals surface area contributed by atoms with Gasteiger partial charge < -0.3 is 10.2 Å². The fourth-order valence-electron chi connectivity index (χ4n) is 5.24. The van der Waals surface area contributed by atoms with Gasteiger partial charge in [0, 0.05) is 34.1 Å². The first-order valence-electron chi connectivity index (χ1n) is 11.6. The number of rotatable bonds is 6. The molecule has 33 heavy (non-hydrogen) atoms. The topological polar surface area (TPSA) is 32.3 Å².